The summed E-state index contributed by atoms with van der Waals surface area (Å²) in [5.74, 6) is 1.61. The van der Waals surface area contributed by atoms with Crippen molar-refractivity contribution in [3.05, 3.63) is 40.8 Å². The van der Waals surface area contributed by atoms with E-state index in [1.807, 2.05) is 30.1 Å². The highest BCUT2D eigenvalue weighted by atomic mass is 16.4. The second-order valence-electron chi connectivity index (χ2n) is 4.79. The summed E-state index contributed by atoms with van der Waals surface area (Å²) in [6.07, 6.45) is 6.97. The first-order valence-electron chi connectivity index (χ1n) is 6.52. The zero-order chi connectivity index (χ0) is 15.4. The Kier molecular flexibility index (Phi) is 4.29. The molecular formula is C16H16N2O3. The van der Waals surface area contributed by atoms with E-state index in [0.717, 1.165) is 11.1 Å². The van der Waals surface area contributed by atoms with E-state index in [4.69, 9.17) is 11.5 Å². The summed E-state index contributed by atoms with van der Waals surface area (Å²) in [5.41, 5.74) is 0.753. The molecule has 0 bridgehead atoms. The molecule has 2 aromatic rings. The lowest BCUT2D eigenvalue weighted by molar-refractivity contribution is -0.136. The average molecular weight is 284 g/mol. The lowest BCUT2D eigenvalue weighted by Crippen LogP contribution is -2.22. The molecule has 0 amide bonds. The Morgan fingerprint density at radius 1 is 1.43 bits per heavy atom. The van der Waals surface area contributed by atoms with Crippen LogP contribution in [0.25, 0.3) is 10.8 Å². The third-order valence-electron chi connectivity index (χ3n) is 3.32. The van der Waals surface area contributed by atoms with Gasteiger partial charge in [-0.1, -0.05) is 5.92 Å². The van der Waals surface area contributed by atoms with Crippen LogP contribution in [-0.4, -0.2) is 29.2 Å². The molecule has 0 spiro atoms. The summed E-state index contributed by atoms with van der Waals surface area (Å²) >= 11 is 0. The van der Waals surface area contributed by atoms with Crippen LogP contribution in [0.3, 0.4) is 0 Å². The molecule has 1 heterocycles. The summed E-state index contributed by atoms with van der Waals surface area (Å²) in [6, 6.07) is 7.27. The fraction of sp³-hybridized carbons (Fsp3) is 0.250. The van der Waals surface area contributed by atoms with Crippen LogP contribution < -0.4 is 10.5 Å². The number of anilines is 1. The summed E-state index contributed by atoms with van der Waals surface area (Å²) in [4.78, 5) is 24.6. The van der Waals surface area contributed by atoms with Gasteiger partial charge in [-0.3, -0.25) is 9.59 Å². The van der Waals surface area contributed by atoms with E-state index in [1.54, 1.807) is 12.3 Å². The number of rotatable bonds is 5. The van der Waals surface area contributed by atoms with Crippen molar-refractivity contribution >= 4 is 22.4 Å². The number of aliphatic carboxylic acids is 1. The Labute approximate surface area is 122 Å². The van der Waals surface area contributed by atoms with Crippen LogP contribution >= 0.6 is 0 Å². The van der Waals surface area contributed by atoms with Crippen molar-refractivity contribution in [2.75, 3.05) is 18.5 Å². The Morgan fingerprint density at radius 2 is 2.19 bits per heavy atom. The molecule has 1 aromatic heterocycles. The minimum absolute atomic E-state index is 0.0678. The molecule has 5 nitrogen and oxygen atoms in total. The van der Waals surface area contributed by atoms with E-state index < -0.39 is 5.97 Å². The Morgan fingerprint density at radius 3 is 2.86 bits per heavy atom. The van der Waals surface area contributed by atoms with Gasteiger partial charge in [0.2, 0.25) is 0 Å². The SMILES string of the molecule is C#CCn1ccc2cc(N(C)CCC(=O)O)ccc2c1=O. The first kappa shape index (κ1) is 14.7. The molecule has 108 valence electrons. The van der Waals surface area contributed by atoms with Gasteiger partial charge in [-0.25, -0.2) is 0 Å². The largest absolute Gasteiger partial charge is 0.481 e. The predicted molar refractivity (Wildman–Crippen MR) is 82.6 cm³/mol. The molecule has 5 heteroatoms. The van der Waals surface area contributed by atoms with Crippen LogP contribution in [0.15, 0.2) is 35.3 Å². The molecule has 0 aliphatic heterocycles. The van der Waals surface area contributed by atoms with E-state index in [-0.39, 0.29) is 18.5 Å². The van der Waals surface area contributed by atoms with E-state index in [9.17, 15) is 9.59 Å². The molecule has 0 fully saturated rings. The highest BCUT2D eigenvalue weighted by Gasteiger charge is 2.07. The van der Waals surface area contributed by atoms with E-state index in [0.29, 0.717) is 11.9 Å². The smallest absolute Gasteiger partial charge is 0.305 e. The van der Waals surface area contributed by atoms with Gasteiger partial charge in [0.15, 0.2) is 0 Å². The van der Waals surface area contributed by atoms with Crippen molar-refractivity contribution in [3.63, 3.8) is 0 Å². The number of terminal acetylenes is 1. The predicted octanol–water partition coefficient (Wildman–Crippen LogP) is 1.55. The third kappa shape index (κ3) is 3.23. The van der Waals surface area contributed by atoms with Crippen LogP contribution in [0.1, 0.15) is 6.42 Å². The normalized spacial score (nSPS) is 10.3. The molecule has 0 atom stereocenters. The van der Waals surface area contributed by atoms with Crippen molar-refractivity contribution in [1.29, 1.82) is 0 Å². The zero-order valence-electron chi connectivity index (χ0n) is 11.7. The molecule has 1 N–H and O–H groups in total. The number of hydrogen-bond acceptors (Lipinski definition) is 3. The molecule has 0 aliphatic carbocycles. The number of fused-ring (bicyclic) bond motifs is 1. The molecule has 1 aromatic carbocycles. The van der Waals surface area contributed by atoms with Crippen LogP contribution in [0, 0.1) is 12.3 Å². The van der Waals surface area contributed by atoms with Crippen LogP contribution in [0.4, 0.5) is 5.69 Å². The van der Waals surface area contributed by atoms with Gasteiger partial charge < -0.3 is 14.6 Å². The Hall–Kier alpha value is -2.74. The number of nitrogens with zero attached hydrogens (tertiary/aromatic N) is 2. The minimum Gasteiger partial charge on any atom is -0.481 e. The van der Waals surface area contributed by atoms with E-state index >= 15 is 0 Å². The number of hydrogen-bond donors (Lipinski definition) is 1. The molecular weight excluding hydrogens is 268 g/mol. The molecule has 0 aliphatic rings. The molecule has 0 saturated heterocycles. The van der Waals surface area contributed by atoms with Gasteiger partial charge >= 0.3 is 5.97 Å². The lowest BCUT2D eigenvalue weighted by Gasteiger charge is -2.18. The number of pyridine rings is 1. The second kappa shape index (κ2) is 6.14. The maximum Gasteiger partial charge on any atom is 0.305 e. The van der Waals surface area contributed by atoms with Gasteiger partial charge in [0.25, 0.3) is 5.56 Å². The van der Waals surface area contributed by atoms with Crippen molar-refractivity contribution in [2.45, 2.75) is 13.0 Å². The number of aromatic nitrogens is 1. The van der Waals surface area contributed by atoms with Gasteiger partial charge in [-0.15, -0.1) is 6.42 Å². The number of benzene rings is 1. The number of carboxylic acid groups (broad SMARTS) is 1. The summed E-state index contributed by atoms with van der Waals surface area (Å²) in [5, 5.41) is 10.1. The first-order valence-corrected chi connectivity index (χ1v) is 6.52. The van der Waals surface area contributed by atoms with Gasteiger partial charge in [0.05, 0.1) is 13.0 Å². The average Bonchev–Trinajstić information content (AvgIpc) is 2.47. The first-order chi connectivity index (χ1) is 10.0. The Bertz CT molecular complexity index is 771. The van der Waals surface area contributed by atoms with E-state index in [1.165, 1.54) is 4.57 Å². The standard InChI is InChI=1S/C16H16N2O3/c1-3-8-18-10-6-12-11-13(4-5-14(12)16(18)21)17(2)9-7-15(19)20/h1,4-6,10-11H,7-9H2,2H3,(H,19,20). The third-order valence-corrected chi connectivity index (χ3v) is 3.32. The maximum atomic E-state index is 12.2. The Balaban J connectivity index is 2.35. The van der Waals surface area contributed by atoms with Crippen molar-refractivity contribution in [3.8, 4) is 12.3 Å². The van der Waals surface area contributed by atoms with Crippen LogP contribution in [0.5, 0.6) is 0 Å². The van der Waals surface area contributed by atoms with Crippen molar-refractivity contribution < 1.29 is 9.90 Å². The van der Waals surface area contributed by atoms with Crippen molar-refractivity contribution in [1.82, 2.24) is 4.57 Å². The monoisotopic (exact) mass is 284 g/mol. The van der Waals surface area contributed by atoms with Gasteiger partial charge in [0, 0.05) is 30.9 Å². The molecule has 2 rings (SSSR count). The minimum atomic E-state index is -0.834. The van der Waals surface area contributed by atoms with Crippen molar-refractivity contribution in [2.24, 2.45) is 0 Å². The quantitative estimate of drug-likeness (QED) is 0.846. The molecule has 0 saturated carbocycles. The highest BCUT2D eigenvalue weighted by Crippen LogP contribution is 2.19. The highest BCUT2D eigenvalue weighted by molar-refractivity contribution is 5.85. The number of carbonyl (C=O) groups is 1. The summed E-state index contributed by atoms with van der Waals surface area (Å²) in [6.45, 7) is 0.657. The lowest BCUT2D eigenvalue weighted by atomic mass is 10.1. The molecule has 21 heavy (non-hydrogen) atoms. The second-order valence-corrected chi connectivity index (χ2v) is 4.79. The van der Waals surface area contributed by atoms with Crippen LogP contribution in [0.2, 0.25) is 0 Å². The van der Waals surface area contributed by atoms with E-state index in [2.05, 4.69) is 5.92 Å². The van der Waals surface area contributed by atoms with Gasteiger partial charge in [-0.2, -0.15) is 0 Å². The summed E-state index contributed by atoms with van der Waals surface area (Å²) < 4.78 is 1.48. The molecule has 0 unspecified atom stereocenters. The number of carboxylic acids is 1. The van der Waals surface area contributed by atoms with Gasteiger partial charge in [0.1, 0.15) is 0 Å². The van der Waals surface area contributed by atoms with Crippen LogP contribution in [-0.2, 0) is 11.3 Å². The van der Waals surface area contributed by atoms with Gasteiger partial charge in [-0.05, 0) is 29.7 Å². The zero-order valence-corrected chi connectivity index (χ0v) is 11.7. The molecule has 0 radical (unpaired) electrons. The topological polar surface area (TPSA) is 62.5 Å². The fourth-order valence-electron chi connectivity index (χ4n) is 2.13. The fourth-order valence-corrected chi connectivity index (χ4v) is 2.13. The summed E-state index contributed by atoms with van der Waals surface area (Å²) in [7, 11) is 1.82. The maximum absolute atomic E-state index is 12.2.